The Hall–Kier alpha value is -3.17. The van der Waals surface area contributed by atoms with Gasteiger partial charge in [-0.15, -0.1) is 0 Å². The minimum absolute atomic E-state index is 0.0799. The van der Waals surface area contributed by atoms with E-state index in [0.29, 0.717) is 11.4 Å². The Bertz CT molecular complexity index is 1170. The topological polar surface area (TPSA) is 88.1 Å². The lowest BCUT2D eigenvalue weighted by atomic mass is 10.2. The molecule has 3 aromatic carbocycles. The summed E-state index contributed by atoms with van der Waals surface area (Å²) in [5.74, 6) is -0.00884. The van der Waals surface area contributed by atoms with Gasteiger partial charge in [0.15, 0.2) is 0 Å². The molecule has 0 aliphatic carbocycles. The smallest absolute Gasteiger partial charge is 0.264 e. The van der Waals surface area contributed by atoms with Gasteiger partial charge in [-0.2, -0.15) is 5.10 Å². The van der Waals surface area contributed by atoms with E-state index >= 15 is 0 Å². The summed E-state index contributed by atoms with van der Waals surface area (Å²) < 4.78 is 33.5. The highest BCUT2D eigenvalue weighted by molar-refractivity contribution is 9.10. The first-order valence-electron chi connectivity index (χ1n) is 9.19. The monoisotopic (exact) mass is 501 g/mol. The van der Waals surface area contributed by atoms with Gasteiger partial charge in [0.25, 0.3) is 15.9 Å². The van der Waals surface area contributed by atoms with E-state index in [-0.39, 0.29) is 4.90 Å². The van der Waals surface area contributed by atoms with E-state index in [4.69, 9.17) is 4.74 Å². The molecule has 0 radical (unpaired) electrons. The number of nitrogens with one attached hydrogen (secondary N) is 1. The van der Waals surface area contributed by atoms with Crippen LogP contribution in [0.25, 0.3) is 0 Å². The van der Waals surface area contributed by atoms with Crippen molar-refractivity contribution in [2.75, 3.05) is 18.0 Å². The quantitative estimate of drug-likeness (QED) is 0.375. The third kappa shape index (κ3) is 5.93. The summed E-state index contributed by atoms with van der Waals surface area (Å²) >= 11 is 3.36. The lowest BCUT2D eigenvalue weighted by Crippen LogP contribution is -2.39. The van der Waals surface area contributed by atoms with Crippen molar-refractivity contribution >= 4 is 43.8 Å². The van der Waals surface area contributed by atoms with Crippen LogP contribution >= 0.6 is 15.9 Å². The fourth-order valence-corrected chi connectivity index (χ4v) is 4.57. The summed E-state index contributed by atoms with van der Waals surface area (Å²) in [5.41, 5.74) is 3.49. The Morgan fingerprint density at radius 1 is 1.06 bits per heavy atom. The maximum absolute atomic E-state index is 13.2. The van der Waals surface area contributed by atoms with E-state index in [2.05, 4.69) is 26.5 Å². The molecule has 0 aliphatic rings. The summed E-state index contributed by atoms with van der Waals surface area (Å²) in [5, 5.41) is 3.92. The molecule has 3 aromatic rings. The van der Waals surface area contributed by atoms with Crippen molar-refractivity contribution in [1.29, 1.82) is 0 Å². The summed E-state index contributed by atoms with van der Waals surface area (Å²) in [4.78, 5) is 12.6. The first kappa shape index (κ1) is 22.5. The molecule has 9 heteroatoms. The summed E-state index contributed by atoms with van der Waals surface area (Å²) in [7, 11) is -2.46. The van der Waals surface area contributed by atoms with Crippen molar-refractivity contribution in [2.24, 2.45) is 5.10 Å². The van der Waals surface area contributed by atoms with Crippen molar-refractivity contribution in [3.63, 3.8) is 0 Å². The Morgan fingerprint density at radius 3 is 2.42 bits per heavy atom. The number of amides is 1. The van der Waals surface area contributed by atoms with Gasteiger partial charge in [0, 0.05) is 4.47 Å². The highest BCUT2D eigenvalue weighted by Gasteiger charge is 2.27. The fourth-order valence-electron chi connectivity index (χ4n) is 2.71. The van der Waals surface area contributed by atoms with Crippen LogP contribution in [0.3, 0.4) is 0 Å². The number of nitrogens with zero attached hydrogens (tertiary/aromatic N) is 2. The Morgan fingerprint density at radius 2 is 1.77 bits per heavy atom. The number of hydrogen-bond acceptors (Lipinski definition) is 5. The third-order valence-corrected chi connectivity index (χ3v) is 6.51. The molecule has 0 unspecified atom stereocenters. The predicted molar refractivity (Wildman–Crippen MR) is 124 cm³/mol. The number of rotatable bonds is 8. The highest BCUT2D eigenvalue weighted by atomic mass is 79.9. The summed E-state index contributed by atoms with van der Waals surface area (Å²) in [6, 6.07) is 21.7. The number of ether oxygens (including phenoxy) is 1. The first-order chi connectivity index (χ1) is 14.9. The minimum atomic E-state index is -3.98. The van der Waals surface area contributed by atoms with Crippen molar-refractivity contribution in [2.45, 2.75) is 4.90 Å². The Balaban J connectivity index is 1.83. The predicted octanol–water partition coefficient (Wildman–Crippen LogP) is 3.80. The molecular formula is C22H20BrN3O4S. The van der Waals surface area contributed by atoms with Gasteiger partial charge >= 0.3 is 0 Å². The molecule has 0 heterocycles. The SMILES string of the molecule is COc1ccc(N(CC(=O)N/N=C\c2cccc(Br)c2)S(=O)(=O)c2ccccc2)cc1. The van der Waals surface area contributed by atoms with Gasteiger partial charge in [0.2, 0.25) is 0 Å². The zero-order valence-electron chi connectivity index (χ0n) is 16.6. The van der Waals surface area contributed by atoms with E-state index in [1.54, 1.807) is 42.5 Å². The van der Waals surface area contributed by atoms with Crippen LogP contribution in [0, 0.1) is 0 Å². The van der Waals surface area contributed by atoms with Crippen molar-refractivity contribution in [3.05, 3.63) is 88.9 Å². The second-order valence-electron chi connectivity index (χ2n) is 6.37. The number of hydrogen-bond donors (Lipinski definition) is 1. The van der Waals surface area contributed by atoms with Crippen LogP contribution < -0.4 is 14.5 Å². The molecule has 1 amide bonds. The lowest BCUT2D eigenvalue weighted by molar-refractivity contribution is -0.119. The van der Waals surface area contributed by atoms with Gasteiger partial charge in [-0.3, -0.25) is 9.10 Å². The molecule has 3 rings (SSSR count). The molecule has 1 N–H and O–H groups in total. The number of benzene rings is 3. The molecule has 0 spiro atoms. The number of methoxy groups -OCH3 is 1. The van der Waals surface area contributed by atoms with Gasteiger partial charge in [-0.05, 0) is 54.1 Å². The zero-order chi connectivity index (χ0) is 22.3. The molecule has 0 fully saturated rings. The van der Waals surface area contributed by atoms with Crippen molar-refractivity contribution in [3.8, 4) is 5.75 Å². The van der Waals surface area contributed by atoms with Crippen molar-refractivity contribution in [1.82, 2.24) is 5.43 Å². The number of carbonyl (C=O) groups excluding carboxylic acids is 1. The van der Waals surface area contributed by atoms with Crippen LogP contribution in [0.15, 0.2) is 93.3 Å². The average molecular weight is 502 g/mol. The van der Waals surface area contributed by atoms with E-state index in [1.165, 1.54) is 25.5 Å². The van der Waals surface area contributed by atoms with E-state index in [9.17, 15) is 13.2 Å². The molecule has 0 saturated carbocycles. The van der Waals surface area contributed by atoms with Gasteiger partial charge in [0.1, 0.15) is 12.3 Å². The van der Waals surface area contributed by atoms with E-state index in [0.717, 1.165) is 14.3 Å². The third-order valence-electron chi connectivity index (χ3n) is 4.23. The van der Waals surface area contributed by atoms with Gasteiger partial charge in [-0.1, -0.05) is 46.3 Å². The highest BCUT2D eigenvalue weighted by Crippen LogP contribution is 2.25. The molecule has 0 aromatic heterocycles. The van der Waals surface area contributed by atoms with Gasteiger partial charge in [0.05, 0.1) is 23.9 Å². The lowest BCUT2D eigenvalue weighted by Gasteiger charge is -2.23. The molecule has 7 nitrogen and oxygen atoms in total. The largest absolute Gasteiger partial charge is 0.497 e. The number of hydrazone groups is 1. The number of carbonyl (C=O) groups is 1. The van der Waals surface area contributed by atoms with E-state index in [1.807, 2.05) is 24.3 Å². The standard InChI is InChI=1S/C22H20BrN3O4S/c1-30-20-12-10-19(11-13-20)26(31(28,29)21-8-3-2-4-9-21)16-22(27)25-24-15-17-6-5-7-18(23)14-17/h2-15H,16H2,1H3,(H,25,27)/b24-15-. The van der Waals surface area contributed by atoms with Crippen LogP contribution in [-0.2, 0) is 14.8 Å². The molecular weight excluding hydrogens is 482 g/mol. The van der Waals surface area contributed by atoms with Crippen LogP contribution in [0.2, 0.25) is 0 Å². The normalized spacial score (nSPS) is 11.3. The Labute approximate surface area is 189 Å². The second kappa shape index (κ2) is 10.2. The van der Waals surface area contributed by atoms with Crippen LogP contribution in [0.5, 0.6) is 5.75 Å². The number of halogens is 1. The van der Waals surface area contributed by atoms with Gasteiger partial charge < -0.3 is 4.74 Å². The molecule has 0 atom stereocenters. The molecule has 0 saturated heterocycles. The molecule has 0 aliphatic heterocycles. The number of anilines is 1. The van der Waals surface area contributed by atoms with Crippen LogP contribution in [0.1, 0.15) is 5.56 Å². The molecule has 31 heavy (non-hydrogen) atoms. The second-order valence-corrected chi connectivity index (χ2v) is 9.15. The number of sulfonamides is 1. The first-order valence-corrected chi connectivity index (χ1v) is 11.4. The molecule has 160 valence electrons. The summed E-state index contributed by atoms with van der Waals surface area (Å²) in [6.45, 7) is -0.445. The zero-order valence-corrected chi connectivity index (χ0v) is 19.0. The van der Waals surface area contributed by atoms with Crippen molar-refractivity contribution < 1.29 is 17.9 Å². The maximum atomic E-state index is 13.2. The minimum Gasteiger partial charge on any atom is -0.497 e. The maximum Gasteiger partial charge on any atom is 0.264 e. The van der Waals surface area contributed by atoms with E-state index < -0.39 is 22.5 Å². The fraction of sp³-hybridized carbons (Fsp3) is 0.0909. The summed E-state index contributed by atoms with van der Waals surface area (Å²) in [6.07, 6.45) is 1.48. The average Bonchev–Trinajstić information content (AvgIpc) is 2.78. The van der Waals surface area contributed by atoms with Crippen LogP contribution in [-0.4, -0.2) is 34.2 Å². The Kier molecular flexibility index (Phi) is 7.43. The van der Waals surface area contributed by atoms with Crippen LogP contribution in [0.4, 0.5) is 5.69 Å². The van der Waals surface area contributed by atoms with Gasteiger partial charge in [-0.25, -0.2) is 13.8 Å². The molecule has 0 bridgehead atoms.